The summed E-state index contributed by atoms with van der Waals surface area (Å²) >= 11 is 0. The molecule has 1 aromatic heterocycles. The first kappa shape index (κ1) is 13.4. The van der Waals surface area contributed by atoms with Crippen LogP contribution in [-0.2, 0) is 4.79 Å². The van der Waals surface area contributed by atoms with Gasteiger partial charge in [0.25, 0.3) is 0 Å². The van der Waals surface area contributed by atoms with E-state index in [1.54, 1.807) is 0 Å². The monoisotopic (exact) mass is 251 g/mol. The second kappa shape index (κ2) is 6.20. The molecule has 0 aromatic carbocycles. The minimum Gasteiger partial charge on any atom is -0.480 e. The van der Waals surface area contributed by atoms with Crippen molar-refractivity contribution in [2.75, 3.05) is 5.32 Å². The molecule has 0 radical (unpaired) electrons. The van der Waals surface area contributed by atoms with E-state index < -0.39 is 23.9 Å². The van der Waals surface area contributed by atoms with E-state index in [-0.39, 0.29) is 12.1 Å². The Balaban J connectivity index is 2.61. The molecule has 1 unspecified atom stereocenters. The van der Waals surface area contributed by atoms with Gasteiger partial charge in [-0.3, -0.25) is 4.98 Å². The minimum atomic E-state index is -1.25. The van der Waals surface area contributed by atoms with Crippen molar-refractivity contribution in [2.45, 2.75) is 12.5 Å². The Kier molecular flexibility index (Phi) is 4.63. The third-order valence-corrected chi connectivity index (χ3v) is 1.89. The van der Waals surface area contributed by atoms with E-state index in [4.69, 9.17) is 11.5 Å². The molecule has 2 amide bonds. The van der Waals surface area contributed by atoms with Crippen molar-refractivity contribution in [3.05, 3.63) is 24.3 Å². The number of urea groups is 1. The van der Waals surface area contributed by atoms with Gasteiger partial charge in [0.2, 0.25) is 0 Å². The second-order valence-electron chi connectivity index (χ2n) is 3.29. The number of anilines is 1. The number of hydrogen-bond donors (Lipinski definition) is 3. The summed E-state index contributed by atoms with van der Waals surface area (Å²) < 4.78 is 12.8. The van der Waals surface area contributed by atoms with E-state index in [0.717, 1.165) is 12.3 Å². The Labute approximate surface area is 102 Å². The van der Waals surface area contributed by atoms with Crippen LogP contribution in [0.2, 0.25) is 0 Å². The van der Waals surface area contributed by atoms with Gasteiger partial charge in [0.05, 0.1) is 18.1 Å². The third kappa shape index (κ3) is 4.09. The van der Waals surface area contributed by atoms with Crippen LogP contribution in [0.5, 0.6) is 0 Å². The van der Waals surface area contributed by atoms with Gasteiger partial charge < -0.3 is 15.7 Å². The summed E-state index contributed by atoms with van der Waals surface area (Å²) in [4.78, 5) is 25.7. The summed E-state index contributed by atoms with van der Waals surface area (Å²) in [5, 5.41) is 13.1. The number of halogens is 1. The van der Waals surface area contributed by atoms with Gasteiger partial charge in [-0.25, -0.2) is 14.0 Å². The number of carbonyl (C=O) groups is 2. The Bertz CT molecular complexity index is 499. The average Bonchev–Trinajstić information content (AvgIpc) is 2.28. The van der Waals surface area contributed by atoms with Crippen molar-refractivity contribution in [1.29, 1.82) is 0 Å². The van der Waals surface area contributed by atoms with Gasteiger partial charge in [0.15, 0.2) is 0 Å². The Morgan fingerprint density at radius 3 is 2.83 bits per heavy atom. The van der Waals surface area contributed by atoms with Crippen molar-refractivity contribution in [1.82, 2.24) is 10.3 Å². The summed E-state index contributed by atoms with van der Waals surface area (Å²) in [6.45, 7) is 0. The topological polar surface area (TPSA) is 91.3 Å². The van der Waals surface area contributed by atoms with Crippen LogP contribution in [0.25, 0.3) is 0 Å². The van der Waals surface area contributed by atoms with Gasteiger partial charge in [0.1, 0.15) is 11.9 Å². The quantitative estimate of drug-likeness (QED) is 0.691. The number of pyridine rings is 1. The number of nitrogens with one attached hydrogen (secondary N) is 2. The molecular formula is C11H10FN3O3. The Morgan fingerprint density at radius 2 is 2.28 bits per heavy atom. The summed E-state index contributed by atoms with van der Waals surface area (Å²) in [5.41, 5.74) is 0.109. The second-order valence-corrected chi connectivity index (χ2v) is 3.29. The molecule has 6 nitrogen and oxygen atoms in total. The van der Waals surface area contributed by atoms with Crippen LogP contribution in [0.15, 0.2) is 18.5 Å². The highest BCUT2D eigenvalue weighted by molar-refractivity contribution is 5.92. The lowest BCUT2D eigenvalue weighted by atomic mass is 10.2. The molecule has 94 valence electrons. The fourth-order valence-corrected chi connectivity index (χ4v) is 1.12. The largest absolute Gasteiger partial charge is 0.480 e. The molecule has 0 saturated carbocycles. The first-order valence-corrected chi connectivity index (χ1v) is 4.87. The molecule has 1 atom stereocenters. The van der Waals surface area contributed by atoms with Crippen molar-refractivity contribution in [3.8, 4) is 12.3 Å². The van der Waals surface area contributed by atoms with Crippen molar-refractivity contribution < 1.29 is 19.1 Å². The summed E-state index contributed by atoms with van der Waals surface area (Å²) in [6.07, 6.45) is 7.02. The summed E-state index contributed by atoms with van der Waals surface area (Å²) in [6, 6.07) is -0.953. The van der Waals surface area contributed by atoms with Gasteiger partial charge in [-0.15, -0.1) is 12.3 Å². The van der Waals surface area contributed by atoms with E-state index in [0.29, 0.717) is 0 Å². The number of aliphatic carboxylic acids is 1. The fraction of sp³-hybridized carbons (Fsp3) is 0.182. The molecule has 0 bridgehead atoms. The lowest BCUT2D eigenvalue weighted by Gasteiger charge is -2.12. The molecule has 0 aliphatic heterocycles. The van der Waals surface area contributed by atoms with Gasteiger partial charge >= 0.3 is 12.0 Å². The number of rotatable bonds is 4. The molecular weight excluding hydrogens is 241 g/mol. The standard InChI is InChI=1S/C11H10FN3O3/c1-2-3-9(10(16)17)15-11(18)14-8-4-7(12)5-13-6-8/h1,4-6,9H,3H2,(H,16,17)(H2,14,15,18). The zero-order valence-electron chi connectivity index (χ0n) is 9.18. The first-order chi connectivity index (χ1) is 8.52. The number of hydrogen-bond acceptors (Lipinski definition) is 3. The number of aromatic nitrogens is 1. The third-order valence-electron chi connectivity index (χ3n) is 1.89. The zero-order valence-corrected chi connectivity index (χ0v) is 9.18. The predicted molar refractivity (Wildman–Crippen MR) is 61.2 cm³/mol. The van der Waals surface area contributed by atoms with Crippen LogP contribution >= 0.6 is 0 Å². The Hall–Kier alpha value is -2.62. The molecule has 18 heavy (non-hydrogen) atoms. The molecule has 0 saturated heterocycles. The highest BCUT2D eigenvalue weighted by Crippen LogP contribution is 2.06. The van der Waals surface area contributed by atoms with Crippen LogP contribution in [-0.4, -0.2) is 28.1 Å². The smallest absolute Gasteiger partial charge is 0.327 e. The van der Waals surface area contributed by atoms with Crippen LogP contribution < -0.4 is 10.6 Å². The highest BCUT2D eigenvalue weighted by Gasteiger charge is 2.18. The lowest BCUT2D eigenvalue weighted by Crippen LogP contribution is -2.42. The van der Waals surface area contributed by atoms with Crippen molar-refractivity contribution in [3.63, 3.8) is 0 Å². The SMILES string of the molecule is C#CCC(NC(=O)Nc1cncc(F)c1)C(=O)O. The number of amides is 2. The van der Waals surface area contributed by atoms with Gasteiger partial charge in [-0.05, 0) is 0 Å². The number of nitrogens with zero attached hydrogens (tertiary/aromatic N) is 1. The van der Waals surface area contributed by atoms with E-state index in [2.05, 4.69) is 21.5 Å². The first-order valence-electron chi connectivity index (χ1n) is 4.87. The maximum absolute atomic E-state index is 12.8. The predicted octanol–water partition coefficient (Wildman–Crippen LogP) is 0.819. The van der Waals surface area contributed by atoms with Gasteiger partial charge in [-0.2, -0.15) is 0 Å². The van der Waals surface area contributed by atoms with Crippen molar-refractivity contribution >= 4 is 17.7 Å². The van der Waals surface area contributed by atoms with Crippen molar-refractivity contribution in [2.24, 2.45) is 0 Å². The highest BCUT2D eigenvalue weighted by atomic mass is 19.1. The van der Waals surface area contributed by atoms with Gasteiger partial charge in [0, 0.05) is 12.5 Å². The summed E-state index contributed by atoms with van der Waals surface area (Å²) in [7, 11) is 0. The number of carboxylic acids is 1. The van der Waals surface area contributed by atoms with Crippen LogP contribution in [0.3, 0.4) is 0 Å². The molecule has 3 N–H and O–H groups in total. The molecule has 1 heterocycles. The van der Waals surface area contributed by atoms with Gasteiger partial charge in [-0.1, -0.05) is 0 Å². The molecule has 0 spiro atoms. The molecule has 1 rings (SSSR count). The van der Waals surface area contributed by atoms with Crippen LogP contribution in [0.1, 0.15) is 6.42 Å². The maximum Gasteiger partial charge on any atom is 0.327 e. The lowest BCUT2D eigenvalue weighted by molar-refractivity contribution is -0.139. The molecule has 0 fully saturated rings. The normalized spacial score (nSPS) is 11.1. The Morgan fingerprint density at radius 1 is 1.56 bits per heavy atom. The number of carbonyl (C=O) groups excluding carboxylic acids is 1. The fourth-order valence-electron chi connectivity index (χ4n) is 1.12. The molecule has 0 aliphatic carbocycles. The average molecular weight is 251 g/mol. The number of terminal acetylenes is 1. The minimum absolute atomic E-state index is 0.109. The number of carboxylic acid groups (broad SMARTS) is 1. The van der Waals surface area contributed by atoms with E-state index in [1.165, 1.54) is 6.20 Å². The molecule has 1 aromatic rings. The van der Waals surface area contributed by atoms with Crippen LogP contribution in [0, 0.1) is 18.2 Å². The zero-order chi connectivity index (χ0) is 13.5. The van der Waals surface area contributed by atoms with E-state index in [9.17, 15) is 14.0 Å². The maximum atomic E-state index is 12.8. The molecule has 7 heteroatoms. The molecule has 0 aliphatic rings. The van der Waals surface area contributed by atoms with Crippen LogP contribution in [0.4, 0.5) is 14.9 Å². The van der Waals surface area contributed by atoms with E-state index in [1.807, 2.05) is 0 Å². The summed E-state index contributed by atoms with van der Waals surface area (Å²) in [5.74, 6) is 0.263. The van der Waals surface area contributed by atoms with E-state index >= 15 is 0 Å².